The molecule has 1 aliphatic heterocycles. The maximum Gasteiger partial charge on any atom is 0.410 e. The van der Waals surface area contributed by atoms with Gasteiger partial charge in [0.1, 0.15) is 5.60 Å². The second-order valence-corrected chi connectivity index (χ2v) is 9.10. The van der Waals surface area contributed by atoms with Gasteiger partial charge in [0.05, 0.1) is 4.90 Å². The summed E-state index contributed by atoms with van der Waals surface area (Å²) < 4.78 is 28.4. The minimum Gasteiger partial charge on any atom is -0.444 e. The molecule has 6 heteroatoms. The average molecular weight is 339 g/mol. The van der Waals surface area contributed by atoms with Gasteiger partial charge in [-0.25, -0.2) is 13.2 Å². The van der Waals surface area contributed by atoms with Crippen molar-refractivity contribution >= 4 is 15.9 Å². The highest BCUT2D eigenvalue weighted by atomic mass is 32.2. The van der Waals surface area contributed by atoms with E-state index in [9.17, 15) is 13.2 Å². The molecule has 2 rings (SSSR count). The third-order valence-electron chi connectivity index (χ3n) is 3.93. The Balaban J connectivity index is 1.95. The summed E-state index contributed by atoms with van der Waals surface area (Å²) in [7, 11) is -3.16. The zero-order valence-corrected chi connectivity index (χ0v) is 15.0. The summed E-state index contributed by atoms with van der Waals surface area (Å²) in [5.41, 5.74) is 0.649. The molecule has 1 aliphatic rings. The summed E-state index contributed by atoms with van der Waals surface area (Å²) >= 11 is 0. The van der Waals surface area contributed by atoms with Crippen molar-refractivity contribution in [1.29, 1.82) is 0 Å². The van der Waals surface area contributed by atoms with Crippen LogP contribution in [-0.4, -0.2) is 44.4 Å². The second-order valence-electron chi connectivity index (χ2n) is 7.08. The van der Waals surface area contributed by atoms with E-state index in [1.54, 1.807) is 17.0 Å². The van der Waals surface area contributed by atoms with Crippen molar-refractivity contribution in [3.63, 3.8) is 0 Å². The van der Waals surface area contributed by atoms with Gasteiger partial charge in [-0.3, -0.25) is 0 Å². The topological polar surface area (TPSA) is 63.7 Å². The summed E-state index contributed by atoms with van der Waals surface area (Å²) in [6.45, 7) is 6.91. The first-order valence-corrected chi connectivity index (χ1v) is 9.73. The fourth-order valence-electron chi connectivity index (χ4n) is 2.71. The Hall–Kier alpha value is -1.56. The molecule has 23 heavy (non-hydrogen) atoms. The lowest BCUT2D eigenvalue weighted by atomic mass is 9.90. The van der Waals surface area contributed by atoms with E-state index < -0.39 is 15.4 Å². The highest BCUT2D eigenvalue weighted by Crippen LogP contribution is 2.29. The van der Waals surface area contributed by atoms with E-state index >= 15 is 0 Å². The number of piperidine rings is 1. The Labute approximate surface area is 138 Å². The molecule has 0 N–H and O–H groups in total. The minimum atomic E-state index is -3.16. The van der Waals surface area contributed by atoms with Crippen molar-refractivity contribution in [1.82, 2.24) is 4.90 Å². The molecule has 0 aromatic heterocycles. The molecule has 1 fully saturated rings. The molecule has 0 atom stereocenters. The first-order chi connectivity index (χ1) is 10.6. The highest BCUT2D eigenvalue weighted by molar-refractivity contribution is 7.90. The molecular weight excluding hydrogens is 314 g/mol. The number of ether oxygens (including phenoxy) is 1. The Kier molecular flexibility index (Phi) is 5.04. The van der Waals surface area contributed by atoms with Crippen molar-refractivity contribution in [3.8, 4) is 0 Å². The van der Waals surface area contributed by atoms with Crippen LogP contribution in [0.2, 0.25) is 0 Å². The van der Waals surface area contributed by atoms with Crippen molar-refractivity contribution in [3.05, 3.63) is 29.8 Å². The molecule has 1 amide bonds. The standard InChI is InChI=1S/C17H25NO4S/c1-17(2,3)22-16(19)18-11-9-14(10-12-18)13-5-7-15(8-6-13)23(4,20)21/h5-8,14H,9-12H2,1-4H3. The quantitative estimate of drug-likeness (QED) is 0.830. The number of rotatable bonds is 2. The lowest BCUT2D eigenvalue weighted by molar-refractivity contribution is 0.0205. The van der Waals surface area contributed by atoms with Crippen LogP contribution >= 0.6 is 0 Å². The van der Waals surface area contributed by atoms with Gasteiger partial charge < -0.3 is 9.64 Å². The lowest BCUT2D eigenvalue weighted by Crippen LogP contribution is -2.41. The van der Waals surface area contributed by atoms with Gasteiger partial charge in [0.2, 0.25) is 0 Å². The number of benzene rings is 1. The monoisotopic (exact) mass is 339 g/mol. The van der Waals surface area contributed by atoms with E-state index in [2.05, 4.69) is 0 Å². The van der Waals surface area contributed by atoms with Crippen LogP contribution < -0.4 is 0 Å². The van der Waals surface area contributed by atoms with Crippen LogP contribution in [0.3, 0.4) is 0 Å². The number of hydrogen-bond acceptors (Lipinski definition) is 4. The number of carbonyl (C=O) groups is 1. The van der Waals surface area contributed by atoms with Gasteiger partial charge in [-0.05, 0) is 57.2 Å². The number of hydrogen-bond donors (Lipinski definition) is 0. The van der Waals surface area contributed by atoms with Crippen LogP contribution in [0.15, 0.2) is 29.2 Å². The SMILES string of the molecule is CC(C)(C)OC(=O)N1CCC(c2ccc(S(C)(=O)=O)cc2)CC1. The number of sulfone groups is 1. The summed E-state index contributed by atoms with van der Waals surface area (Å²) in [5, 5.41) is 0. The molecule has 0 aliphatic carbocycles. The molecule has 0 radical (unpaired) electrons. The molecule has 1 aromatic carbocycles. The number of nitrogens with zero attached hydrogens (tertiary/aromatic N) is 1. The van der Waals surface area contributed by atoms with Crippen molar-refractivity contribution in [2.24, 2.45) is 0 Å². The molecule has 1 aromatic rings. The Morgan fingerprint density at radius 1 is 1.13 bits per heavy atom. The predicted octanol–water partition coefficient (Wildman–Crippen LogP) is 3.20. The summed E-state index contributed by atoms with van der Waals surface area (Å²) in [4.78, 5) is 14.1. The number of carbonyl (C=O) groups excluding carboxylic acids is 1. The van der Waals surface area contributed by atoms with Gasteiger partial charge in [-0.2, -0.15) is 0 Å². The van der Waals surface area contributed by atoms with Gasteiger partial charge >= 0.3 is 6.09 Å². The molecule has 0 bridgehead atoms. The maximum atomic E-state index is 12.0. The molecular formula is C17H25NO4S. The molecule has 1 heterocycles. The highest BCUT2D eigenvalue weighted by Gasteiger charge is 2.27. The van der Waals surface area contributed by atoms with Crippen molar-refractivity contribution < 1.29 is 17.9 Å². The van der Waals surface area contributed by atoms with Crippen LogP contribution in [0.1, 0.15) is 45.1 Å². The molecule has 0 saturated carbocycles. The average Bonchev–Trinajstić information content (AvgIpc) is 2.45. The molecule has 128 valence electrons. The fourth-order valence-corrected chi connectivity index (χ4v) is 3.34. The zero-order chi connectivity index (χ0) is 17.3. The van der Waals surface area contributed by atoms with Crippen LogP contribution in [0, 0.1) is 0 Å². The Morgan fingerprint density at radius 3 is 2.09 bits per heavy atom. The fraction of sp³-hybridized carbons (Fsp3) is 0.588. The van der Waals surface area contributed by atoms with Crippen molar-refractivity contribution in [2.45, 2.75) is 50.0 Å². The van der Waals surface area contributed by atoms with E-state index in [0.29, 0.717) is 23.9 Å². The normalized spacial score (nSPS) is 17.1. The maximum absolute atomic E-state index is 12.0. The molecule has 1 saturated heterocycles. The second kappa shape index (κ2) is 6.51. The summed E-state index contributed by atoms with van der Waals surface area (Å²) in [5.74, 6) is 0.349. The van der Waals surface area contributed by atoms with E-state index in [1.807, 2.05) is 32.9 Å². The van der Waals surface area contributed by atoms with E-state index in [1.165, 1.54) is 6.26 Å². The third-order valence-corrected chi connectivity index (χ3v) is 5.05. The zero-order valence-electron chi connectivity index (χ0n) is 14.2. The van der Waals surface area contributed by atoms with Gasteiger partial charge in [-0.15, -0.1) is 0 Å². The van der Waals surface area contributed by atoms with Crippen LogP contribution in [0.5, 0.6) is 0 Å². The van der Waals surface area contributed by atoms with Gasteiger partial charge in [0.25, 0.3) is 0 Å². The number of amides is 1. The smallest absolute Gasteiger partial charge is 0.410 e. The predicted molar refractivity (Wildman–Crippen MR) is 89.3 cm³/mol. The van der Waals surface area contributed by atoms with Gasteiger partial charge in [0.15, 0.2) is 9.84 Å². The molecule has 0 unspecified atom stereocenters. The molecule has 5 nitrogen and oxygen atoms in total. The summed E-state index contributed by atoms with van der Waals surface area (Å²) in [6, 6.07) is 7.07. The van der Waals surface area contributed by atoms with Crippen molar-refractivity contribution in [2.75, 3.05) is 19.3 Å². The van der Waals surface area contributed by atoms with Crippen LogP contribution in [0.4, 0.5) is 4.79 Å². The number of likely N-dealkylation sites (tertiary alicyclic amines) is 1. The lowest BCUT2D eigenvalue weighted by Gasteiger charge is -2.33. The Morgan fingerprint density at radius 2 is 1.65 bits per heavy atom. The minimum absolute atomic E-state index is 0.261. The first-order valence-electron chi connectivity index (χ1n) is 7.84. The largest absolute Gasteiger partial charge is 0.444 e. The van der Waals surface area contributed by atoms with Gasteiger partial charge in [-0.1, -0.05) is 12.1 Å². The van der Waals surface area contributed by atoms with Gasteiger partial charge in [0, 0.05) is 19.3 Å². The van der Waals surface area contributed by atoms with Crippen LogP contribution in [-0.2, 0) is 14.6 Å². The van der Waals surface area contributed by atoms with E-state index in [4.69, 9.17) is 4.74 Å². The van der Waals surface area contributed by atoms with E-state index in [-0.39, 0.29) is 6.09 Å². The Bertz CT molecular complexity index is 651. The van der Waals surface area contributed by atoms with Crippen LogP contribution in [0.25, 0.3) is 0 Å². The first kappa shape index (κ1) is 17.8. The molecule has 0 spiro atoms. The summed E-state index contributed by atoms with van der Waals surface area (Å²) in [6.07, 6.45) is 2.67. The third kappa shape index (κ3) is 4.96. The van der Waals surface area contributed by atoms with E-state index in [0.717, 1.165) is 18.4 Å².